The number of aromatic nitrogens is 4. The van der Waals surface area contributed by atoms with Gasteiger partial charge in [0.1, 0.15) is 17.4 Å². The number of benzene rings is 1. The zero-order chi connectivity index (χ0) is 24.5. The molecule has 0 radical (unpaired) electrons. The first-order valence-corrected chi connectivity index (χ1v) is 12.0. The van der Waals surface area contributed by atoms with E-state index in [1.807, 2.05) is 25.1 Å². The van der Waals surface area contributed by atoms with Crippen molar-refractivity contribution in [3.8, 4) is 17.1 Å². The normalized spacial score (nSPS) is 17.9. The topological polar surface area (TPSA) is 107 Å². The molecule has 0 spiro atoms. The molecule has 1 aliphatic rings. The molecule has 0 saturated heterocycles. The first-order chi connectivity index (χ1) is 16.9. The van der Waals surface area contributed by atoms with E-state index in [1.54, 1.807) is 16.8 Å². The van der Waals surface area contributed by atoms with E-state index < -0.39 is 0 Å². The molecule has 2 atom stereocenters. The lowest BCUT2D eigenvalue weighted by Gasteiger charge is -2.30. The third kappa shape index (κ3) is 4.53. The molecule has 3 heterocycles. The SMILES string of the molecule is COc1ncc(-c2cc(C)c3c(N)ncnn23)cc1C(=O)N[C@H]1CCC[C@@H](c2ccc(Cl)cc2)C1. The standard InChI is InChI=1S/C26H27ClN6O2/c1-15-10-22(33-23(15)24(28)30-14-31-33)18-12-21(26(35-2)29-13-18)25(34)32-20-5-3-4-17(11-20)16-6-8-19(27)9-7-16/h6-10,12-14,17,20H,3-5,11H2,1-2H3,(H,32,34)(H2,28,30,31)/t17-,20+/m1/s1. The number of methoxy groups -OCH3 is 1. The van der Waals surface area contributed by atoms with Gasteiger partial charge in [0.2, 0.25) is 5.88 Å². The molecule has 1 amide bonds. The summed E-state index contributed by atoms with van der Waals surface area (Å²) in [5, 5.41) is 8.29. The highest BCUT2D eigenvalue weighted by Crippen LogP contribution is 2.34. The summed E-state index contributed by atoms with van der Waals surface area (Å²) >= 11 is 6.05. The zero-order valence-electron chi connectivity index (χ0n) is 19.7. The number of nitrogens with zero attached hydrogens (tertiary/aromatic N) is 4. The van der Waals surface area contributed by atoms with Crippen LogP contribution in [0.3, 0.4) is 0 Å². The number of nitrogens with two attached hydrogens (primary N) is 1. The Morgan fingerprint density at radius 3 is 2.77 bits per heavy atom. The highest BCUT2D eigenvalue weighted by Gasteiger charge is 2.26. The molecule has 180 valence electrons. The molecule has 3 aromatic heterocycles. The smallest absolute Gasteiger partial charge is 0.257 e. The predicted molar refractivity (Wildman–Crippen MR) is 136 cm³/mol. The van der Waals surface area contributed by atoms with Crippen LogP contribution < -0.4 is 15.8 Å². The number of nitrogens with one attached hydrogen (secondary N) is 1. The minimum Gasteiger partial charge on any atom is -0.480 e. The second-order valence-electron chi connectivity index (χ2n) is 8.98. The van der Waals surface area contributed by atoms with E-state index in [-0.39, 0.29) is 17.8 Å². The average molecular weight is 491 g/mol. The molecule has 5 rings (SSSR count). The number of nitrogen functional groups attached to an aromatic ring is 1. The van der Waals surface area contributed by atoms with E-state index in [9.17, 15) is 4.79 Å². The Morgan fingerprint density at radius 2 is 2.00 bits per heavy atom. The van der Waals surface area contributed by atoms with Gasteiger partial charge in [0.15, 0.2) is 5.82 Å². The lowest BCUT2D eigenvalue weighted by molar-refractivity contribution is 0.0921. The first kappa shape index (κ1) is 23.1. The maximum atomic E-state index is 13.4. The number of amides is 1. The highest BCUT2D eigenvalue weighted by molar-refractivity contribution is 6.30. The van der Waals surface area contributed by atoms with Crippen molar-refractivity contribution in [2.24, 2.45) is 0 Å². The van der Waals surface area contributed by atoms with Crippen LogP contribution in [-0.4, -0.2) is 38.6 Å². The second-order valence-corrected chi connectivity index (χ2v) is 9.42. The van der Waals surface area contributed by atoms with Gasteiger partial charge in [-0.05, 0) is 67.5 Å². The number of hydrogen-bond donors (Lipinski definition) is 2. The fourth-order valence-electron chi connectivity index (χ4n) is 5.00. The van der Waals surface area contributed by atoms with Crippen molar-refractivity contribution in [2.45, 2.75) is 44.6 Å². The molecule has 1 saturated carbocycles. The van der Waals surface area contributed by atoms with Gasteiger partial charge in [-0.1, -0.05) is 30.2 Å². The molecule has 3 N–H and O–H groups in total. The average Bonchev–Trinajstić information content (AvgIpc) is 3.21. The van der Waals surface area contributed by atoms with Crippen molar-refractivity contribution in [3.05, 3.63) is 70.6 Å². The molecular formula is C26H27ClN6O2. The first-order valence-electron chi connectivity index (χ1n) is 11.6. The molecular weight excluding hydrogens is 464 g/mol. The second kappa shape index (κ2) is 9.54. The number of carbonyl (C=O) groups is 1. The number of halogens is 1. The van der Waals surface area contributed by atoms with Gasteiger partial charge in [-0.2, -0.15) is 5.10 Å². The number of carbonyl (C=O) groups excluding carboxylic acids is 1. The van der Waals surface area contributed by atoms with Gasteiger partial charge in [0.25, 0.3) is 5.91 Å². The number of ether oxygens (including phenoxy) is 1. The summed E-state index contributed by atoms with van der Waals surface area (Å²) in [5.74, 6) is 0.862. The van der Waals surface area contributed by atoms with Gasteiger partial charge in [0, 0.05) is 22.8 Å². The Labute approximate surface area is 208 Å². The molecule has 1 fully saturated rings. The van der Waals surface area contributed by atoms with E-state index in [0.717, 1.165) is 53.0 Å². The van der Waals surface area contributed by atoms with Gasteiger partial charge in [-0.15, -0.1) is 0 Å². The maximum Gasteiger partial charge on any atom is 0.257 e. The lowest BCUT2D eigenvalue weighted by Crippen LogP contribution is -2.38. The lowest BCUT2D eigenvalue weighted by atomic mass is 9.81. The van der Waals surface area contributed by atoms with Crippen molar-refractivity contribution >= 4 is 28.8 Å². The van der Waals surface area contributed by atoms with Crippen LogP contribution in [0.2, 0.25) is 5.02 Å². The van der Waals surface area contributed by atoms with Gasteiger partial charge >= 0.3 is 0 Å². The monoisotopic (exact) mass is 490 g/mol. The quantitative estimate of drug-likeness (QED) is 0.416. The molecule has 0 bridgehead atoms. The van der Waals surface area contributed by atoms with Crippen LogP contribution in [0.1, 0.15) is 53.1 Å². The Bertz CT molecular complexity index is 1380. The Morgan fingerprint density at radius 1 is 1.20 bits per heavy atom. The molecule has 0 unspecified atom stereocenters. The van der Waals surface area contributed by atoms with E-state index in [4.69, 9.17) is 22.1 Å². The Hall–Kier alpha value is -3.65. The van der Waals surface area contributed by atoms with Gasteiger partial charge in [-0.3, -0.25) is 4.79 Å². The fraction of sp³-hybridized carbons (Fsp3) is 0.308. The summed E-state index contributed by atoms with van der Waals surface area (Å²) in [6.45, 7) is 1.95. The van der Waals surface area contributed by atoms with Crippen molar-refractivity contribution in [1.82, 2.24) is 24.9 Å². The molecule has 1 aromatic carbocycles. The summed E-state index contributed by atoms with van der Waals surface area (Å²) in [5.41, 5.74) is 10.9. The Balaban J connectivity index is 1.41. The molecule has 4 aromatic rings. The van der Waals surface area contributed by atoms with E-state index in [1.165, 1.54) is 19.0 Å². The van der Waals surface area contributed by atoms with Crippen molar-refractivity contribution < 1.29 is 9.53 Å². The molecule has 9 heteroatoms. The van der Waals surface area contributed by atoms with Crippen molar-refractivity contribution in [1.29, 1.82) is 0 Å². The van der Waals surface area contributed by atoms with Crippen LogP contribution >= 0.6 is 11.6 Å². The van der Waals surface area contributed by atoms with Crippen LogP contribution in [0.4, 0.5) is 5.82 Å². The predicted octanol–water partition coefficient (Wildman–Crippen LogP) is 4.80. The van der Waals surface area contributed by atoms with E-state index >= 15 is 0 Å². The largest absolute Gasteiger partial charge is 0.480 e. The molecule has 8 nitrogen and oxygen atoms in total. The number of hydrogen-bond acceptors (Lipinski definition) is 6. The fourth-order valence-corrected chi connectivity index (χ4v) is 5.12. The van der Waals surface area contributed by atoms with Crippen LogP contribution in [0.15, 0.2) is 48.9 Å². The highest BCUT2D eigenvalue weighted by atomic mass is 35.5. The minimum absolute atomic E-state index is 0.0641. The summed E-state index contributed by atoms with van der Waals surface area (Å²) in [6, 6.07) is 11.8. The third-order valence-electron chi connectivity index (χ3n) is 6.71. The number of anilines is 1. The van der Waals surface area contributed by atoms with Gasteiger partial charge < -0.3 is 15.8 Å². The zero-order valence-corrected chi connectivity index (χ0v) is 20.4. The molecule has 0 aliphatic heterocycles. The molecule has 1 aliphatic carbocycles. The van der Waals surface area contributed by atoms with E-state index in [0.29, 0.717) is 17.3 Å². The summed E-state index contributed by atoms with van der Waals surface area (Å²) in [7, 11) is 1.51. The summed E-state index contributed by atoms with van der Waals surface area (Å²) in [4.78, 5) is 21.9. The Kier molecular flexibility index (Phi) is 6.30. The molecule has 35 heavy (non-hydrogen) atoms. The maximum absolute atomic E-state index is 13.4. The van der Waals surface area contributed by atoms with Crippen LogP contribution in [0.25, 0.3) is 16.8 Å². The van der Waals surface area contributed by atoms with Crippen LogP contribution in [0, 0.1) is 6.92 Å². The van der Waals surface area contributed by atoms with Crippen molar-refractivity contribution in [2.75, 3.05) is 12.8 Å². The third-order valence-corrected chi connectivity index (χ3v) is 6.96. The van der Waals surface area contributed by atoms with Crippen molar-refractivity contribution in [3.63, 3.8) is 0 Å². The van der Waals surface area contributed by atoms with Gasteiger partial charge in [-0.25, -0.2) is 14.5 Å². The number of aryl methyl sites for hydroxylation is 1. The van der Waals surface area contributed by atoms with E-state index in [2.05, 4.69) is 32.5 Å². The van der Waals surface area contributed by atoms with Gasteiger partial charge in [0.05, 0.1) is 12.8 Å². The van der Waals surface area contributed by atoms with Crippen LogP contribution in [0.5, 0.6) is 5.88 Å². The number of pyridine rings is 1. The summed E-state index contributed by atoms with van der Waals surface area (Å²) < 4.78 is 7.15. The summed E-state index contributed by atoms with van der Waals surface area (Å²) in [6.07, 6.45) is 7.04. The number of rotatable bonds is 5. The number of fused-ring (bicyclic) bond motifs is 1. The van der Waals surface area contributed by atoms with Crippen LogP contribution in [-0.2, 0) is 0 Å². The minimum atomic E-state index is -0.204.